The van der Waals surface area contributed by atoms with Gasteiger partial charge in [0.1, 0.15) is 6.20 Å². The Morgan fingerprint density at radius 1 is 1.30 bits per heavy atom. The van der Waals surface area contributed by atoms with E-state index in [-0.39, 0.29) is 0 Å². The van der Waals surface area contributed by atoms with E-state index < -0.39 is 0 Å². The van der Waals surface area contributed by atoms with E-state index in [9.17, 15) is 0 Å². The molecular weight excluding hydrogens is 126 g/mol. The van der Waals surface area contributed by atoms with E-state index in [2.05, 4.69) is 9.97 Å². The summed E-state index contributed by atoms with van der Waals surface area (Å²) in [4.78, 5) is 6.04. The second kappa shape index (κ2) is 2.02. The molecule has 0 amide bonds. The van der Waals surface area contributed by atoms with Gasteiger partial charge in [-0.05, 0) is 6.07 Å². The molecule has 2 aromatic heterocycles. The summed E-state index contributed by atoms with van der Waals surface area (Å²) in [6.07, 6.45) is 7.60. The Bertz CT molecular complexity index is 248. The third-order valence-corrected chi connectivity index (χ3v) is 1.40. The molecule has 0 spiro atoms. The summed E-state index contributed by atoms with van der Waals surface area (Å²) in [6.45, 7) is 0. The molecular formula is C7H8N3+. The van der Waals surface area contributed by atoms with E-state index in [1.165, 1.54) is 0 Å². The maximum absolute atomic E-state index is 3.08. The largest absolute Gasteiger partial charge is 0.283 e. The van der Waals surface area contributed by atoms with Crippen LogP contribution >= 0.6 is 0 Å². The first-order valence-corrected chi connectivity index (χ1v) is 3.14. The van der Waals surface area contributed by atoms with Crippen molar-refractivity contribution in [1.82, 2.24) is 9.97 Å². The third-order valence-electron chi connectivity index (χ3n) is 1.40. The molecule has 3 nitrogen and oxygen atoms in total. The summed E-state index contributed by atoms with van der Waals surface area (Å²) >= 11 is 0. The van der Waals surface area contributed by atoms with Gasteiger partial charge in [-0.3, -0.25) is 9.97 Å². The number of aromatic nitrogens is 3. The minimum absolute atomic E-state index is 1.07. The van der Waals surface area contributed by atoms with Gasteiger partial charge in [-0.2, -0.15) is 0 Å². The SMILES string of the molecule is c1c[nH]c(-[n+]2cc[nH]c2)c1. The molecule has 0 unspecified atom stereocenters. The predicted molar refractivity (Wildman–Crippen MR) is 36.7 cm³/mol. The lowest BCUT2D eigenvalue weighted by Gasteiger charge is -1.85. The zero-order valence-corrected chi connectivity index (χ0v) is 5.41. The lowest BCUT2D eigenvalue weighted by molar-refractivity contribution is -0.597. The number of H-pyrrole nitrogens is 2. The number of hydrogen-bond donors (Lipinski definition) is 2. The molecule has 2 rings (SSSR count). The maximum atomic E-state index is 3.08. The minimum Gasteiger partial charge on any atom is -0.283 e. The predicted octanol–water partition coefficient (Wildman–Crippen LogP) is 0.620. The highest BCUT2D eigenvalue weighted by Gasteiger charge is 1.98. The molecule has 3 heteroatoms. The fraction of sp³-hybridized carbons (Fsp3) is 0. The molecule has 0 aliphatic heterocycles. The molecule has 2 heterocycles. The van der Waals surface area contributed by atoms with Crippen molar-refractivity contribution in [3.8, 4) is 5.82 Å². The lowest BCUT2D eigenvalue weighted by Crippen LogP contribution is -2.26. The second-order valence-electron chi connectivity index (χ2n) is 2.07. The van der Waals surface area contributed by atoms with Crippen molar-refractivity contribution >= 4 is 0 Å². The van der Waals surface area contributed by atoms with E-state index in [1.807, 2.05) is 41.6 Å². The van der Waals surface area contributed by atoms with Gasteiger partial charge in [0.2, 0.25) is 5.82 Å². The Hall–Kier alpha value is -1.51. The highest BCUT2D eigenvalue weighted by Crippen LogP contribution is 1.90. The number of rotatable bonds is 1. The van der Waals surface area contributed by atoms with Crippen molar-refractivity contribution < 1.29 is 4.57 Å². The fourth-order valence-corrected chi connectivity index (χ4v) is 0.921. The zero-order chi connectivity index (χ0) is 6.81. The molecule has 2 aromatic rings. The van der Waals surface area contributed by atoms with Crippen LogP contribution in [0.5, 0.6) is 0 Å². The van der Waals surface area contributed by atoms with Crippen LogP contribution in [-0.2, 0) is 0 Å². The van der Waals surface area contributed by atoms with E-state index >= 15 is 0 Å². The zero-order valence-electron chi connectivity index (χ0n) is 5.41. The van der Waals surface area contributed by atoms with Crippen molar-refractivity contribution in [1.29, 1.82) is 0 Å². The fourth-order valence-electron chi connectivity index (χ4n) is 0.921. The Morgan fingerprint density at radius 2 is 2.30 bits per heavy atom. The molecule has 0 bridgehead atoms. The van der Waals surface area contributed by atoms with Gasteiger partial charge in [0.15, 0.2) is 6.33 Å². The van der Waals surface area contributed by atoms with Gasteiger partial charge in [-0.15, -0.1) is 0 Å². The third kappa shape index (κ3) is 0.719. The Morgan fingerprint density at radius 3 is 2.90 bits per heavy atom. The summed E-state index contributed by atoms with van der Waals surface area (Å²) in [5.74, 6) is 1.07. The van der Waals surface area contributed by atoms with E-state index in [0.717, 1.165) is 5.82 Å². The molecule has 0 aromatic carbocycles. The van der Waals surface area contributed by atoms with Gasteiger partial charge in [0, 0.05) is 6.07 Å². The topological polar surface area (TPSA) is 35.5 Å². The van der Waals surface area contributed by atoms with Crippen LogP contribution < -0.4 is 4.57 Å². The van der Waals surface area contributed by atoms with Crippen LogP contribution in [0.3, 0.4) is 0 Å². The first-order chi connectivity index (χ1) is 4.97. The van der Waals surface area contributed by atoms with Gasteiger partial charge in [-0.25, -0.2) is 4.57 Å². The molecule has 0 radical (unpaired) electrons. The maximum Gasteiger partial charge on any atom is 0.230 e. The standard InChI is InChI=1S/C7H7N3/c1-2-7(9-3-1)10-5-4-8-6-10/h1-6,9H/p+1. The molecule has 2 N–H and O–H groups in total. The van der Waals surface area contributed by atoms with Gasteiger partial charge in [-0.1, -0.05) is 0 Å². The average Bonchev–Trinajstić information content (AvgIpc) is 2.59. The van der Waals surface area contributed by atoms with Crippen LogP contribution in [0.25, 0.3) is 5.82 Å². The van der Waals surface area contributed by atoms with Crippen molar-refractivity contribution in [2.45, 2.75) is 0 Å². The van der Waals surface area contributed by atoms with Crippen LogP contribution in [0.1, 0.15) is 0 Å². The van der Waals surface area contributed by atoms with Gasteiger partial charge >= 0.3 is 0 Å². The molecule has 0 aliphatic carbocycles. The number of hydrogen-bond acceptors (Lipinski definition) is 0. The quantitative estimate of drug-likeness (QED) is 0.536. The highest BCUT2D eigenvalue weighted by atomic mass is 15.1. The summed E-state index contributed by atoms with van der Waals surface area (Å²) in [7, 11) is 0. The van der Waals surface area contributed by atoms with Gasteiger partial charge in [0.25, 0.3) is 0 Å². The molecule has 0 aliphatic rings. The minimum atomic E-state index is 1.07. The summed E-state index contributed by atoms with van der Waals surface area (Å²) in [5, 5.41) is 0. The van der Waals surface area contributed by atoms with Crippen molar-refractivity contribution in [3.63, 3.8) is 0 Å². The van der Waals surface area contributed by atoms with Gasteiger partial charge in [0.05, 0.1) is 12.4 Å². The van der Waals surface area contributed by atoms with E-state index in [4.69, 9.17) is 0 Å². The highest BCUT2D eigenvalue weighted by molar-refractivity contribution is 5.09. The summed E-state index contributed by atoms with van der Waals surface area (Å²) < 4.78 is 1.97. The second-order valence-corrected chi connectivity index (χ2v) is 2.07. The number of nitrogens with zero attached hydrogens (tertiary/aromatic N) is 1. The Labute approximate surface area is 58.3 Å². The van der Waals surface area contributed by atoms with Crippen LogP contribution in [0.4, 0.5) is 0 Å². The molecule has 0 saturated heterocycles. The number of nitrogens with one attached hydrogen (secondary N) is 2. The molecule has 0 saturated carbocycles. The van der Waals surface area contributed by atoms with Crippen molar-refractivity contribution in [2.24, 2.45) is 0 Å². The van der Waals surface area contributed by atoms with Crippen LogP contribution in [0.15, 0.2) is 37.1 Å². The average molecular weight is 134 g/mol. The normalized spacial score (nSPS) is 10.0. The van der Waals surface area contributed by atoms with Gasteiger partial charge < -0.3 is 0 Å². The summed E-state index contributed by atoms with van der Waals surface area (Å²) in [6, 6.07) is 3.98. The Balaban J connectivity index is 2.48. The number of imidazole rings is 1. The van der Waals surface area contributed by atoms with Crippen LogP contribution in [0.2, 0.25) is 0 Å². The first-order valence-electron chi connectivity index (χ1n) is 3.14. The molecule has 10 heavy (non-hydrogen) atoms. The molecule has 0 atom stereocenters. The lowest BCUT2D eigenvalue weighted by atomic mass is 10.6. The van der Waals surface area contributed by atoms with E-state index in [0.29, 0.717) is 0 Å². The Kier molecular flexibility index (Phi) is 1.07. The van der Waals surface area contributed by atoms with E-state index in [1.54, 1.807) is 0 Å². The monoisotopic (exact) mass is 134 g/mol. The van der Waals surface area contributed by atoms with Crippen molar-refractivity contribution in [2.75, 3.05) is 0 Å². The molecule has 0 fully saturated rings. The van der Waals surface area contributed by atoms with Crippen LogP contribution in [0, 0.1) is 0 Å². The first kappa shape index (κ1) is 5.29. The summed E-state index contributed by atoms with van der Waals surface area (Å²) in [5.41, 5.74) is 0. The smallest absolute Gasteiger partial charge is 0.230 e. The number of aromatic amines is 2. The molecule has 50 valence electrons. The van der Waals surface area contributed by atoms with Crippen LogP contribution in [-0.4, -0.2) is 9.97 Å². The van der Waals surface area contributed by atoms with Crippen molar-refractivity contribution in [3.05, 3.63) is 37.1 Å².